The number of fused-ring (bicyclic) bond motifs is 4. The summed E-state index contributed by atoms with van der Waals surface area (Å²) in [4.78, 5) is 5.39. The fraction of sp³-hybridized carbons (Fsp3) is 0.739. The van der Waals surface area contributed by atoms with Crippen molar-refractivity contribution in [3.63, 3.8) is 0 Å². The summed E-state index contributed by atoms with van der Waals surface area (Å²) in [7, 11) is 0. The van der Waals surface area contributed by atoms with Crippen LogP contribution in [0.5, 0.6) is 0 Å². The van der Waals surface area contributed by atoms with Gasteiger partial charge in [0.05, 0.1) is 5.60 Å². The average molecular weight is 375 g/mol. The summed E-state index contributed by atoms with van der Waals surface area (Å²) in [5, 5.41) is 10.1. The summed E-state index contributed by atoms with van der Waals surface area (Å²) in [6.45, 7) is 8.31. The topological polar surface area (TPSA) is 26.7 Å². The van der Waals surface area contributed by atoms with Gasteiger partial charge in [0.15, 0.2) is 0 Å². The Morgan fingerprint density at radius 3 is 2.78 bits per heavy atom. The second-order valence-electron chi connectivity index (χ2n) is 9.78. The summed E-state index contributed by atoms with van der Waals surface area (Å²) in [6.07, 6.45) is 7.08. The zero-order valence-electron chi connectivity index (χ0n) is 16.9. The van der Waals surface area contributed by atoms with Crippen LogP contribution < -0.4 is 0 Å². The molecule has 3 aliphatic rings. The fourth-order valence-corrected chi connectivity index (χ4v) is 5.81. The standard InChI is InChI=1S/C23H35FN2O/c1-23(2,27)9-11-25-15-18-14-19(16-25)22(26-10-4-3-8-21(18)26)13-17-6-5-7-20(24)12-17/h5-7,12,18-19,21-22,27H,3-4,8-11,13-16H2,1-2H3/t18-,19+,21+,22+/m1/s1. The predicted octanol–water partition coefficient (Wildman–Crippen LogP) is 3.70. The van der Waals surface area contributed by atoms with Crippen molar-refractivity contribution >= 4 is 0 Å². The van der Waals surface area contributed by atoms with Gasteiger partial charge in [0, 0.05) is 31.7 Å². The van der Waals surface area contributed by atoms with Crippen LogP contribution in [-0.4, -0.2) is 58.8 Å². The van der Waals surface area contributed by atoms with E-state index in [0.29, 0.717) is 18.0 Å². The summed E-state index contributed by atoms with van der Waals surface area (Å²) in [5.41, 5.74) is 0.543. The molecular formula is C23H35FN2O. The molecule has 3 nitrogen and oxygen atoms in total. The van der Waals surface area contributed by atoms with E-state index in [1.165, 1.54) is 38.8 Å². The molecule has 3 aliphatic heterocycles. The first-order valence-electron chi connectivity index (χ1n) is 10.8. The summed E-state index contributed by atoms with van der Waals surface area (Å²) in [6, 6.07) is 8.42. The normalized spacial score (nSPS) is 32.3. The Balaban J connectivity index is 1.52. The van der Waals surface area contributed by atoms with Crippen molar-refractivity contribution in [2.75, 3.05) is 26.2 Å². The molecule has 0 amide bonds. The van der Waals surface area contributed by atoms with Crippen LogP contribution in [0.15, 0.2) is 24.3 Å². The lowest BCUT2D eigenvalue weighted by molar-refractivity contribution is -0.0745. The number of benzene rings is 1. The Hall–Kier alpha value is -0.970. The van der Waals surface area contributed by atoms with Crippen LogP contribution in [0.2, 0.25) is 0 Å². The molecule has 3 saturated heterocycles. The van der Waals surface area contributed by atoms with Crippen LogP contribution in [0, 0.1) is 17.7 Å². The molecule has 0 spiro atoms. The second-order valence-corrected chi connectivity index (χ2v) is 9.78. The predicted molar refractivity (Wildman–Crippen MR) is 107 cm³/mol. The Kier molecular flexibility index (Phi) is 5.59. The van der Waals surface area contributed by atoms with Gasteiger partial charge in [-0.05, 0) is 82.0 Å². The van der Waals surface area contributed by atoms with E-state index in [2.05, 4.69) is 15.9 Å². The number of nitrogens with zero attached hydrogens (tertiary/aromatic N) is 2. The molecule has 0 unspecified atom stereocenters. The lowest BCUT2D eigenvalue weighted by Gasteiger charge is -2.57. The first-order chi connectivity index (χ1) is 12.9. The number of likely N-dealkylation sites (tertiary alicyclic amines) is 1. The largest absolute Gasteiger partial charge is 0.390 e. The monoisotopic (exact) mass is 374 g/mol. The molecule has 0 aliphatic carbocycles. The fourth-order valence-electron chi connectivity index (χ4n) is 5.81. The first kappa shape index (κ1) is 19.4. The number of halogens is 1. The van der Waals surface area contributed by atoms with E-state index in [1.807, 2.05) is 19.9 Å². The molecule has 1 aromatic rings. The van der Waals surface area contributed by atoms with E-state index in [0.717, 1.165) is 37.4 Å². The second kappa shape index (κ2) is 7.81. The molecule has 1 N–H and O–H groups in total. The van der Waals surface area contributed by atoms with Gasteiger partial charge in [0.25, 0.3) is 0 Å². The first-order valence-corrected chi connectivity index (χ1v) is 10.8. The molecular weight excluding hydrogens is 339 g/mol. The van der Waals surface area contributed by atoms with Crippen molar-refractivity contribution in [1.82, 2.24) is 9.80 Å². The third-order valence-electron chi connectivity index (χ3n) is 7.07. The van der Waals surface area contributed by atoms with Crippen molar-refractivity contribution < 1.29 is 9.50 Å². The molecule has 27 heavy (non-hydrogen) atoms. The van der Waals surface area contributed by atoms with E-state index >= 15 is 0 Å². The third-order valence-corrected chi connectivity index (χ3v) is 7.07. The zero-order chi connectivity index (χ0) is 19.0. The van der Waals surface area contributed by atoms with Crippen LogP contribution in [0.25, 0.3) is 0 Å². The van der Waals surface area contributed by atoms with E-state index in [1.54, 1.807) is 12.1 Å². The Bertz CT molecular complexity index is 644. The minimum Gasteiger partial charge on any atom is -0.390 e. The SMILES string of the molecule is CC(C)(O)CCN1C[C@H]2C[C@@H](C1)[C@H](Cc1cccc(F)c1)N1CCCC[C@@H]21. The summed E-state index contributed by atoms with van der Waals surface area (Å²) in [5.74, 6) is 1.30. The van der Waals surface area contributed by atoms with Gasteiger partial charge < -0.3 is 10.0 Å². The number of piperidine rings is 3. The lowest BCUT2D eigenvalue weighted by Crippen LogP contribution is -2.64. The van der Waals surface area contributed by atoms with E-state index in [-0.39, 0.29) is 5.82 Å². The lowest BCUT2D eigenvalue weighted by atomic mass is 9.71. The smallest absolute Gasteiger partial charge is 0.123 e. The quantitative estimate of drug-likeness (QED) is 0.851. The van der Waals surface area contributed by atoms with Gasteiger partial charge in [-0.25, -0.2) is 4.39 Å². The molecule has 4 rings (SSSR count). The highest BCUT2D eigenvalue weighted by Gasteiger charge is 2.46. The minimum atomic E-state index is -0.593. The van der Waals surface area contributed by atoms with Crippen LogP contribution in [0.1, 0.15) is 51.5 Å². The molecule has 1 aromatic carbocycles. The molecule has 0 radical (unpaired) electrons. The minimum absolute atomic E-state index is 0.119. The molecule has 4 atom stereocenters. The van der Waals surface area contributed by atoms with Crippen molar-refractivity contribution in [2.24, 2.45) is 11.8 Å². The third kappa shape index (κ3) is 4.55. The van der Waals surface area contributed by atoms with E-state index in [9.17, 15) is 9.50 Å². The summed E-state index contributed by atoms with van der Waals surface area (Å²) < 4.78 is 13.7. The molecule has 3 fully saturated rings. The van der Waals surface area contributed by atoms with Gasteiger partial charge >= 0.3 is 0 Å². The van der Waals surface area contributed by atoms with Crippen LogP contribution in [0.3, 0.4) is 0 Å². The van der Waals surface area contributed by atoms with Crippen LogP contribution in [-0.2, 0) is 6.42 Å². The van der Waals surface area contributed by atoms with E-state index < -0.39 is 5.60 Å². The van der Waals surface area contributed by atoms with Crippen molar-refractivity contribution in [3.05, 3.63) is 35.6 Å². The zero-order valence-corrected chi connectivity index (χ0v) is 16.9. The van der Waals surface area contributed by atoms with Gasteiger partial charge in [0.1, 0.15) is 5.82 Å². The van der Waals surface area contributed by atoms with Crippen LogP contribution >= 0.6 is 0 Å². The Morgan fingerprint density at radius 1 is 1.19 bits per heavy atom. The van der Waals surface area contributed by atoms with E-state index in [4.69, 9.17) is 0 Å². The van der Waals surface area contributed by atoms with Crippen molar-refractivity contribution in [2.45, 2.75) is 70.1 Å². The van der Waals surface area contributed by atoms with Crippen molar-refractivity contribution in [3.8, 4) is 0 Å². The maximum atomic E-state index is 13.7. The Labute approximate surface area is 163 Å². The Morgan fingerprint density at radius 2 is 2.00 bits per heavy atom. The number of rotatable bonds is 5. The van der Waals surface area contributed by atoms with Gasteiger partial charge in [-0.2, -0.15) is 0 Å². The highest BCUT2D eigenvalue weighted by Crippen LogP contribution is 2.42. The molecule has 0 saturated carbocycles. The van der Waals surface area contributed by atoms with Crippen LogP contribution in [0.4, 0.5) is 4.39 Å². The number of hydrogen-bond donors (Lipinski definition) is 1. The molecule has 2 bridgehead atoms. The highest BCUT2D eigenvalue weighted by molar-refractivity contribution is 5.19. The maximum Gasteiger partial charge on any atom is 0.123 e. The molecule has 150 valence electrons. The molecule has 0 aromatic heterocycles. The van der Waals surface area contributed by atoms with Gasteiger partial charge in [-0.15, -0.1) is 0 Å². The van der Waals surface area contributed by atoms with Gasteiger partial charge in [-0.3, -0.25) is 4.90 Å². The molecule has 4 heteroatoms. The maximum absolute atomic E-state index is 13.7. The molecule has 3 heterocycles. The van der Waals surface area contributed by atoms with Crippen molar-refractivity contribution in [1.29, 1.82) is 0 Å². The van der Waals surface area contributed by atoms with Gasteiger partial charge in [0.2, 0.25) is 0 Å². The average Bonchev–Trinajstić information content (AvgIpc) is 2.63. The van der Waals surface area contributed by atoms with Gasteiger partial charge in [-0.1, -0.05) is 18.6 Å². The highest BCUT2D eigenvalue weighted by atomic mass is 19.1. The number of aliphatic hydroxyl groups is 1. The number of hydrogen-bond acceptors (Lipinski definition) is 3. The summed E-state index contributed by atoms with van der Waals surface area (Å²) >= 11 is 0.